The summed E-state index contributed by atoms with van der Waals surface area (Å²) in [6.45, 7) is 0. The van der Waals surface area contributed by atoms with E-state index in [1.54, 1.807) is 24.3 Å². The first kappa shape index (κ1) is 14.9. The zero-order valence-corrected chi connectivity index (χ0v) is 12.4. The van der Waals surface area contributed by atoms with E-state index in [2.05, 4.69) is 0 Å². The molecule has 1 saturated carbocycles. The number of carbonyl (C=O) groups is 2. The van der Waals surface area contributed by atoms with Crippen molar-refractivity contribution in [3.8, 4) is 0 Å². The van der Waals surface area contributed by atoms with Crippen molar-refractivity contribution in [3.05, 3.63) is 65.2 Å². The normalized spacial score (nSPS) is 18.7. The lowest BCUT2D eigenvalue weighted by Crippen LogP contribution is -2.30. The van der Waals surface area contributed by atoms with Gasteiger partial charge in [-0.25, -0.2) is 4.90 Å². The lowest BCUT2D eigenvalue weighted by molar-refractivity contribution is -0.160. The van der Waals surface area contributed by atoms with Crippen molar-refractivity contribution in [3.63, 3.8) is 0 Å². The SMILES string of the molecule is O=C1c2ccccc2C(=O)N1c1ccc(C2(C(F)(F)F)CC2)cc1. The Balaban J connectivity index is 1.68. The fourth-order valence-corrected chi connectivity index (χ4v) is 3.21. The molecular formula is C18H12F3NO2. The van der Waals surface area contributed by atoms with Crippen molar-refractivity contribution in [2.75, 3.05) is 4.90 Å². The summed E-state index contributed by atoms with van der Waals surface area (Å²) in [6, 6.07) is 12.0. The molecule has 0 atom stereocenters. The molecule has 0 unspecified atom stereocenters. The Morgan fingerprint density at radius 3 is 1.75 bits per heavy atom. The highest BCUT2D eigenvalue weighted by molar-refractivity contribution is 6.34. The van der Waals surface area contributed by atoms with E-state index in [4.69, 9.17) is 0 Å². The van der Waals surface area contributed by atoms with Crippen molar-refractivity contribution in [1.82, 2.24) is 0 Å². The second-order valence-corrected chi connectivity index (χ2v) is 6.12. The van der Waals surface area contributed by atoms with Gasteiger partial charge in [0.05, 0.1) is 22.2 Å². The van der Waals surface area contributed by atoms with E-state index in [1.807, 2.05) is 0 Å². The molecule has 3 nitrogen and oxygen atoms in total. The Labute approximate surface area is 135 Å². The van der Waals surface area contributed by atoms with Crippen LogP contribution in [0.15, 0.2) is 48.5 Å². The van der Waals surface area contributed by atoms with Crippen LogP contribution in [-0.2, 0) is 5.41 Å². The second kappa shape index (κ2) is 4.69. The van der Waals surface area contributed by atoms with E-state index < -0.39 is 23.4 Å². The monoisotopic (exact) mass is 331 g/mol. The minimum absolute atomic E-state index is 0.0723. The summed E-state index contributed by atoms with van der Waals surface area (Å²) in [5.41, 5.74) is -0.701. The van der Waals surface area contributed by atoms with Crippen LogP contribution in [0, 0.1) is 0 Å². The number of imide groups is 1. The van der Waals surface area contributed by atoms with Gasteiger partial charge in [0.1, 0.15) is 0 Å². The summed E-state index contributed by atoms with van der Waals surface area (Å²) in [4.78, 5) is 25.8. The third kappa shape index (κ3) is 1.92. The number of nitrogens with zero attached hydrogens (tertiary/aromatic N) is 1. The molecular weight excluding hydrogens is 319 g/mol. The average Bonchev–Trinajstić information content (AvgIpc) is 3.33. The van der Waals surface area contributed by atoms with Gasteiger partial charge in [-0.1, -0.05) is 24.3 Å². The summed E-state index contributed by atoms with van der Waals surface area (Å²) in [7, 11) is 0. The number of halogens is 3. The van der Waals surface area contributed by atoms with Crippen LogP contribution < -0.4 is 4.90 Å². The molecule has 1 aliphatic carbocycles. The first-order valence-corrected chi connectivity index (χ1v) is 7.50. The van der Waals surface area contributed by atoms with Crippen LogP contribution in [0.25, 0.3) is 0 Å². The Morgan fingerprint density at radius 2 is 1.33 bits per heavy atom. The zero-order valence-electron chi connectivity index (χ0n) is 12.4. The lowest BCUT2D eigenvalue weighted by atomic mass is 9.95. The maximum Gasteiger partial charge on any atom is 0.398 e. The molecule has 2 aromatic carbocycles. The highest BCUT2D eigenvalue weighted by atomic mass is 19.4. The molecule has 0 N–H and O–H groups in total. The number of carbonyl (C=O) groups excluding carboxylic acids is 2. The third-order valence-corrected chi connectivity index (χ3v) is 4.76. The molecule has 1 aliphatic heterocycles. The fourth-order valence-electron chi connectivity index (χ4n) is 3.21. The second-order valence-electron chi connectivity index (χ2n) is 6.12. The van der Waals surface area contributed by atoms with Crippen molar-refractivity contribution < 1.29 is 22.8 Å². The van der Waals surface area contributed by atoms with E-state index in [0.717, 1.165) is 4.90 Å². The van der Waals surface area contributed by atoms with Crippen LogP contribution in [0.4, 0.5) is 18.9 Å². The first-order chi connectivity index (χ1) is 11.3. The molecule has 1 heterocycles. The Bertz CT molecular complexity index is 816. The van der Waals surface area contributed by atoms with Gasteiger partial charge in [-0.3, -0.25) is 9.59 Å². The van der Waals surface area contributed by atoms with Gasteiger partial charge in [0.2, 0.25) is 0 Å². The topological polar surface area (TPSA) is 37.4 Å². The summed E-state index contributed by atoms with van der Waals surface area (Å²) in [5.74, 6) is -0.916. The molecule has 0 radical (unpaired) electrons. The van der Waals surface area contributed by atoms with E-state index in [1.165, 1.54) is 24.3 Å². The quantitative estimate of drug-likeness (QED) is 0.778. The summed E-state index contributed by atoms with van der Waals surface area (Å²) in [6.07, 6.45) is -4.14. The van der Waals surface area contributed by atoms with Gasteiger partial charge < -0.3 is 0 Å². The third-order valence-electron chi connectivity index (χ3n) is 4.76. The van der Waals surface area contributed by atoms with Gasteiger partial charge in [-0.15, -0.1) is 0 Å². The van der Waals surface area contributed by atoms with Gasteiger partial charge in [0, 0.05) is 0 Å². The van der Waals surface area contributed by atoms with Crippen LogP contribution >= 0.6 is 0 Å². The van der Waals surface area contributed by atoms with Crippen LogP contribution in [0.1, 0.15) is 39.1 Å². The lowest BCUT2D eigenvalue weighted by Gasteiger charge is -2.21. The van der Waals surface area contributed by atoms with Crippen LogP contribution in [-0.4, -0.2) is 18.0 Å². The number of amides is 2. The number of hydrogen-bond acceptors (Lipinski definition) is 2. The molecule has 2 aliphatic rings. The van der Waals surface area contributed by atoms with Gasteiger partial charge in [0.15, 0.2) is 0 Å². The van der Waals surface area contributed by atoms with Crippen molar-refractivity contribution in [2.24, 2.45) is 0 Å². The predicted molar refractivity (Wildman–Crippen MR) is 81.0 cm³/mol. The van der Waals surface area contributed by atoms with Gasteiger partial charge in [-0.05, 0) is 42.7 Å². The largest absolute Gasteiger partial charge is 0.398 e. The van der Waals surface area contributed by atoms with E-state index in [-0.39, 0.29) is 24.1 Å². The number of benzene rings is 2. The summed E-state index contributed by atoms with van der Waals surface area (Å²) in [5, 5.41) is 0. The molecule has 1 fully saturated rings. The van der Waals surface area contributed by atoms with E-state index in [0.29, 0.717) is 11.1 Å². The van der Waals surface area contributed by atoms with Crippen LogP contribution in [0.5, 0.6) is 0 Å². The maximum absolute atomic E-state index is 13.2. The Morgan fingerprint density at radius 1 is 0.833 bits per heavy atom. The fraction of sp³-hybridized carbons (Fsp3) is 0.222. The molecule has 6 heteroatoms. The molecule has 0 aromatic heterocycles. The minimum atomic E-state index is -4.29. The number of fused-ring (bicyclic) bond motifs is 1. The summed E-state index contributed by atoms with van der Waals surface area (Å²) < 4.78 is 39.5. The van der Waals surface area contributed by atoms with Gasteiger partial charge in [0.25, 0.3) is 11.8 Å². The van der Waals surface area contributed by atoms with Crippen molar-refractivity contribution in [2.45, 2.75) is 24.4 Å². The molecule has 122 valence electrons. The Hall–Kier alpha value is -2.63. The maximum atomic E-state index is 13.2. The standard InChI is InChI=1S/C18H12F3NO2/c19-18(20,21)17(9-10-17)11-5-7-12(8-6-11)22-15(23)13-3-1-2-4-14(13)16(22)24/h1-8H,9-10H2. The van der Waals surface area contributed by atoms with Crippen LogP contribution in [0.2, 0.25) is 0 Å². The summed E-state index contributed by atoms with van der Waals surface area (Å²) >= 11 is 0. The molecule has 0 spiro atoms. The van der Waals surface area contributed by atoms with Crippen molar-refractivity contribution >= 4 is 17.5 Å². The molecule has 2 amide bonds. The Kier molecular flexibility index (Phi) is 2.92. The smallest absolute Gasteiger partial charge is 0.268 e. The van der Waals surface area contributed by atoms with Gasteiger partial charge in [-0.2, -0.15) is 13.2 Å². The minimum Gasteiger partial charge on any atom is -0.268 e. The molecule has 2 aromatic rings. The number of anilines is 1. The number of rotatable bonds is 2. The van der Waals surface area contributed by atoms with Crippen LogP contribution in [0.3, 0.4) is 0 Å². The number of hydrogen-bond donors (Lipinski definition) is 0. The molecule has 0 bridgehead atoms. The van der Waals surface area contributed by atoms with E-state index >= 15 is 0 Å². The van der Waals surface area contributed by atoms with E-state index in [9.17, 15) is 22.8 Å². The highest BCUT2D eigenvalue weighted by Gasteiger charge is 2.64. The highest BCUT2D eigenvalue weighted by Crippen LogP contribution is 2.59. The molecule has 24 heavy (non-hydrogen) atoms. The van der Waals surface area contributed by atoms with Gasteiger partial charge >= 0.3 is 6.18 Å². The zero-order chi connectivity index (χ0) is 17.1. The first-order valence-electron chi connectivity index (χ1n) is 7.50. The predicted octanol–water partition coefficient (Wildman–Crippen LogP) is 4.08. The number of alkyl halides is 3. The van der Waals surface area contributed by atoms with Crippen molar-refractivity contribution in [1.29, 1.82) is 0 Å². The molecule has 4 rings (SSSR count). The average molecular weight is 331 g/mol. The molecule has 0 saturated heterocycles.